The van der Waals surface area contributed by atoms with Crippen LogP contribution in [0.4, 0.5) is 4.39 Å². The Kier molecular flexibility index (Phi) is 5.73. The van der Waals surface area contributed by atoms with Gasteiger partial charge in [0.2, 0.25) is 0 Å². The molecule has 2 rings (SSSR count). The molecule has 23 heavy (non-hydrogen) atoms. The maximum atomic E-state index is 14.4. The topological polar surface area (TPSA) is 58.6 Å². The Balaban J connectivity index is 2.35. The highest BCUT2D eigenvalue weighted by Crippen LogP contribution is 2.26. The Bertz CT molecular complexity index is 729. The van der Waals surface area contributed by atoms with Gasteiger partial charge in [0, 0.05) is 10.6 Å². The molecule has 0 radical (unpaired) electrons. The van der Waals surface area contributed by atoms with Gasteiger partial charge >= 0.3 is 5.97 Å². The molecule has 0 saturated heterocycles. The first-order valence-corrected chi connectivity index (χ1v) is 7.16. The van der Waals surface area contributed by atoms with Crippen molar-refractivity contribution in [2.24, 2.45) is 0 Å². The summed E-state index contributed by atoms with van der Waals surface area (Å²) in [7, 11) is 1.37. The summed E-state index contributed by atoms with van der Waals surface area (Å²) in [6, 6.07) is 11.7. The number of halogens is 2. The van der Waals surface area contributed by atoms with Crippen LogP contribution in [0, 0.1) is 5.82 Å². The van der Waals surface area contributed by atoms with Gasteiger partial charge in [0.25, 0.3) is 0 Å². The van der Waals surface area contributed by atoms with E-state index in [9.17, 15) is 9.18 Å². The highest BCUT2D eigenvalue weighted by molar-refractivity contribution is 6.30. The summed E-state index contributed by atoms with van der Waals surface area (Å²) in [5.74, 6) is -1.50. The Morgan fingerprint density at radius 1 is 1.26 bits per heavy atom. The number of carboxylic acids is 1. The molecule has 120 valence electrons. The van der Waals surface area contributed by atoms with E-state index in [1.54, 1.807) is 36.4 Å². The standard InChI is InChI=1S/C17H15ClFNO3/c1-23-20-16(8-9-17(21)22)14-7-4-12(10-15(14)19)11-2-5-13(18)6-3-11/h2-8,10,20H,9H2,1H3,(H,21,22). The summed E-state index contributed by atoms with van der Waals surface area (Å²) in [5, 5.41) is 9.35. The molecule has 0 aromatic heterocycles. The molecule has 0 saturated carbocycles. The smallest absolute Gasteiger partial charge is 0.307 e. The lowest BCUT2D eigenvalue weighted by Gasteiger charge is -2.11. The molecule has 2 aromatic rings. The van der Waals surface area contributed by atoms with E-state index in [1.165, 1.54) is 19.3 Å². The van der Waals surface area contributed by atoms with Crippen molar-refractivity contribution in [3.05, 3.63) is 64.9 Å². The zero-order chi connectivity index (χ0) is 16.8. The van der Waals surface area contributed by atoms with E-state index in [0.29, 0.717) is 10.6 Å². The highest BCUT2D eigenvalue weighted by Gasteiger charge is 2.10. The van der Waals surface area contributed by atoms with Crippen LogP contribution in [0.15, 0.2) is 48.5 Å². The predicted molar refractivity (Wildman–Crippen MR) is 87.2 cm³/mol. The van der Waals surface area contributed by atoms with E-state index in [2.05, 4.69) is 5.48 Å². The first-order chi connectivity index (χ1) is 11.0. The van der Waals surface area contributed by atoms with Crippen LogP contribution in [0.2, 0.25) is 5.02 Å². The van der Waals surface area contributed by atoms with Crippen molar-refractivity contribution in [3.8, 4) is 11.1 Å². The van der Waals surface area contributed by atoms with Crippen molar-refractivity contribution in [2.45, 2.75) is 6.42 Å². The molecule has 4 nitrogen and oxygen atoms in total. The normalized spacial score (nSPS) is 11.3. The molecule has 0 aliphatic heterocycles. The summed E-state index contributed by atoms with van der Waals surface area (Å²) >= 11 is 5.84. The molecule has 0 unspecified atom stereocenters. The predicted octanol–water partition coefficient (Wildman–Crippen LogP) is 4.11. The van der Waals surface area contributed by atoms with Crippen LogP contribution in [0.1, 0.15) is 12.0 Å². The van der Waals surface area contributed by atoms with Gasteiger partial charge in [0.1, 0.15) is 5.82 Å². The number of aliphatic carboxylic acids is 1. The van der Waals surface area contributed by atoms with Gasteiger partial charge in [-0.25, -0.2) is 4.39 Å². The quantitative estimate of drug-likeness (QED) is 0.780. The van der Waals surface area contributed by atoms with Crippen LogP contribution in [-0.2, 0) is 9.63 Å². The van der Waals surface area contributed by atoms with Crippen LogP contribution in [0.5, 0.6) is 0 Å². The van der Waals surface area contributed by atoms with Gasteiger partial charge in [-0.2, -0.15) is 0 Å². The molecule has 6 heteroatoms. The number of hydrogen-bond acceptors (Lipinski definition) is 3. The van der Waals surface area contributed by atoms with Crippen molar-refractivity contribution in [3.63, 3.8) is 0 Å². The minimum atomic E-state index is -1.02. The van der Waals surface area contributed by atoms with Gasteiger partial charge in [0.05, 0.1) is 19.2 Å². The minimum Gasteiger partial charge on any atom is -0.481 e. The van der Waals surface area contributed by atoms with E-state index >= 15 is 0 Å². The summed E-state index contributed by atoms with van der Waals surface area (Å²) in [5.41, 5.74) is 4.51. The van der Waals surface area contributed by atoms with E-state index in [-0.39, 0.29) is 17.7 Å². The fraction of sp³-hybridized carbons (Fsp3) is 0.118. The van der Waals surface area contributed by atoms with Gasteiger partial charge in [-0.3, -0.25) is 15.1 Å². The van der Waals surface area contributed by atoms with Crippen molar-refractivity contribution in [2.75, 3.05) is 7.11 Å². The molecular weight excluding hydrogens is 321 g/mol. The Labute approximate surface area is 138 Å². The summed E-state index contributed by atoms with van der Waals surface area (Å²) < 4.78 is 14.4. The lowest BCUT2D eigenvalue weighted by atomic mass is 10.0. The monoisotopic (exact) mass is 335 g/mol. The van der Waals surface area contributed by atoms with E-state index < -0.39 is 11.8 Å². The second kappa shape index (κ2) is 7.76. The Morgan fingerprint density at radius 2 is 1.91 bits per heavy atom. The minimum absolute atomic E-state index is 0.228. The number of hydrogen-bond donors (Lipinski definition) is 2. The second-order valence-corrected chi connectivity index (χ2v) is 5.16. The van der Waals surface area contributed by atoms with Gasteiger partial charge < -0.3 is 5.11 Å². The van der Waals surface area contributed by atoms with Crippen molar-refractivity contribution >= 4 is 23.3 Å². The Hall–Kier alpha value is -2.37. The van der Waals surface area contributed by atoms with Crippen molar-refractivity contribution in [1.29, 1.82) is 0 Å². The first kappa shape index (κ1) is 17.0. The fourth-order valence-electron chi connectivity index (χ4n) is 2.06. The third-order valence-electron chi connectivity index (χ3n) is 3.13. The molecule has 0 atom stereocenters. The van der Waals surface area contributed by atoms with Crippen LogP contribution >= 0.6 is 11.6 Å². The molecule has 2 N–H and O–H groups in total. The van der Waals surface area contributed by atoms with Gasteiger partial charge in [0.15, 0.2) is 0 Å². The number of hydroxylamine groups is 1. The van der Waals surface area contributed by atoms with E-state index in [1.807, 2.05) is 0 Å². The first-order valence-electron chi connectivity index (χ1n) is 6.78. The fourth-order valence-corrected chi connectivity index (χ4v) is 2.19. The SMILES string of the molecule is CONC(=CCC(=O)O)c1ccc(-c2ccc(Cl)cc2)cc1F. The second-order valence-electron chi connectivity index (χ2n) is 4.72. The van der Waals surface area contributed by atoms with Crippen molar-refractivity contribution in [1.82, 2.24) is 5.48 Å². The summed E-state index contributed by atoms with van der Waals surface area (Å²) in [6.45, 7) is 0. The molecule has 0 amide bonds. The van der Waals surface area contributed by atoms with E-state index in [4.69, 9.17) is 21.5 Å². The van der Waals surface area contributed by atoms with Gasteiger partial charge in [-0.05, 0) is 41.5 Å². The van der Waals surface area contributed by atoms with Crippen molar-refractivity contribution < 1.29 is 19.1 Å². The van der Waals surface area contributed by atoms with Gasteiger partial charge in [-0.15, -0.1) is 0 Å². The molecule has 2 aromatic carbocycles. The number of benzene rings is 2. The molecule has 0 aliphatic carbocycles. The maximum absolute atomic E-state index is 14.4. The maximum Gasteiger partial charge on any atom is 0.307 e. The van der Waals surface area contributed by atoms with Gasteiger partial charge in [-0.1, -0.05) is 29.8 Å². The van der Waals surface area contributed by atoms with Crippen LogP contribution in [0.3, 0.4) is 0 Å². The largest absolute Gasteiger partial charge is 0.481 e. The third kappa shape index (κ3) is 4.55. The van der Waals surface area contributed by atoms with Crippen LogP contribution in [0.25, 0.3) is 16.8 Å². The number of carboxylic acid groups (broad SMARTS) is 1. The average molecular weight is 336 g/mol. The number of carbonyl (C=O) groups is 1. The zero-order valence-corrected chi connectivity index (χ0v) is 13.1. The lowest BCUT2D eigenvalue weighted by Crippen LogP contribution is -2.12. The molecule has 0 aliphatic rings. The summed E-state index contributed by atoms with van der Waals surface area (Å²) in [6.07, 6.45) is 1.11. The number of nitrogens with one attached hydrogen (secondary N) is 1. The highest BCUT2D eigenvalue weighted by atomic mass is 35.5. The average Bonchev–Trinajstić information content (AvgIpc) is 2.52. The zero-order valence-electron chi connectivity index (χ0n) is 12.3. The Morgan fingerprint density at radius 3 is 2.48 bits per heavy atom. The van der Waals surface area contributed by atoms with Crippen LogP contribution in [-0.4, -0.2) is 18.2 Å². The third-order valence-corrected chi connectivity index (χ3v) is 3.38. The summed E-state index contributed by atoms with van der Waals surface area (Å²) in [4.78, 5) is 15.5. The molecular formula is C17H15ClFNO3. The molecule has 0 spiro atoms. The van der Waals surface area contributed by atoms with E-state index in [0.717, 1.165) is 5.56 Å². The van der Waals surface area contributed by atoms with Crippen LogP contribution < -0.4 is 5.48 Å². The molecule has 0 heterocycles. The number of rotatable bonds is 6. The molecule has 0 fully saturated rings. The lowest BCUT2D eigenvalue weighted by molar-refractivity contribution is -0.136. The molecule has 0 bridgehead atoms.